The van der Waals surface area contributed by atoms with E-state index >= 15 is 0 Å². The van der Waals surface area contributed by atoms with Crippen LogP contribution in [0, 0.1) is 0 Å². The third-order valence-electron chi connectivity index (χ3n) is 6.76. The highest BCUT2D eigenvalue weighted by molar-refractivity contribution is 6.31. The van der Waals surface area contributed by atoms with Crippen molar-refractivity contribution in [2.45, 2.75) is 25.7 Å². The first kappa shape index (κ1) is 22.6. The van der Waals surface area contributed by atoms with Gasteiger partial charge in [0.25, 0.3) is 11.8 Å². The number of hydrogen-bond acceptors (Lipinski definition) is 5. The van der Waals surface area contributed by atoms with E-state index in [2.05, 4.69) is 12.2 Å². The number of hydrogen-bond donors (Lipinski definition) is 2. The van der Waals surface area contributed by atoms with E-state index in [1.165, 1.54) is 4.90 Å². The lowest BCUT2D eigenvalue weighted by Gasteiger charge is -2.33. The minimum Gasteiger partial charge on any atom is -0.398 e. The zero-order chi connectivity index (χ0) is 24.5. The fourth-order valence-electron chi connectivity index (χ4n) is 4.83. The number of carbonyl (C=O) groups is 3. The second-order valence-corrected chi connectivity index (χ2v) is 9.06. The standard InChI is InChI=1S/C29H27N3O3/c1-18-10-15-24-26-21(18)7-4-8-23(26)28(34)32(29(24)35)17-5-16-31-20-13-11-19(12-14-20)27(33)22-6-2-3-9-25(22)30/h2-4,6-9,11-15,18,31H,5,10,16-17,30H2,1H3. The molecule has 0 saturated carbocycles. The van der Waals surface area contributed by atoms with Crippen LogP contribution in [0.15, 0.2) is 72.8 Å². The fraction of sp³-hybridized carbons (Fsp3) is 0.207. The predicted octanol–water partition coefficient (Wildman–Crippen LogP) is 4.88. The molecule has 0 bridgehead atoms. The Bertz CT molecular complexity index is 1360. The number of rotatable bonds is 7. The molecule has 3 aromatic rings. The molecule has 35 heavy (non-hydrogen) atoms. The lowest BCUT2D eigenvalue weighted by Crippen LogP contribution is -2.43. The number of nitrogen functional groups attached to an aromatic ring is 1. The molecule has 0 spiro atoms. The molecule has 1 heterocycles. The zero-order valence-electron chi connectivity index (χ0n) is 19.6. The first-order valence-corrected chi connectivity index (χ1v) is 11.9. The van der Waals surface area contributed by atoms with Crippen molar-refractivity contribution in [1.82, 2.24) is 4.90 Å². The van der Waals surface area contributed by atoms with Gasteiger partial charge in [-0.05, 0) is 66.8 Å². The third-order valence-corrected chi connectivity index (χ3v) is 6.76. The van der Waals surface area contributed by atoms with Crippen molar-refractivity contribution in [3.8, 4) is 0 Å². The van der Waals surface area contributed by atoms with Gasteiger partial charge in [-0.25, -0.2) is 0 Å². The zero-order valence-corrected chi connectivity index (χ0v) is 19.6. The average molecular weight is 466 g/mol. The summed E-state index contributed by atoms with van der Waals surface area (Å²) in [6.45, 7) is 3.04. The molecule has 2 aliphatic rings. The highest BCUT2D eigenvalue weighted by Gasteiger charge is 2.37. The van der Waals surface area contributed by atoms with Gasteiger partial charge < -0.3 is 11.1 Å². The molecular formula is C29H27N3O3. The van der Waals surface area contributed by atoms with Crippen molar-refractivity contribution < 1.29 is 14.4 Å². The normalized spacial score (nSPS) is 16.5. The van der Waals surface area contributed by atoms with Crippen LogP contribution in [0.1, 0.15) is 63.1 Å². The van der Waals surface area contributed by atoms with Crippen molar-refractivity contribution in [3.05, 3.63) is 101 Å². The molecule has 176 valence electrons. The van der Waals surface area contributed by atoms with Gasteiger partial charge in [-0.1, -0.05) is 37.3 Å². The molecule has 3 aromatic carbocycles. The minimum absolute atomic E-state index is 0.119. The molecule has 5 rings (SSSR count). The summed E-state index contributed by atoms with van der Waals surface area (Å²) in [5.41, 5.74) is 11.5. The quantitative estimate of drug-likeness (QED) is 0.225. The topological polar surface area (TPSA) is 92.5 Å². The molecule has 1 aliphatic carbocycles. The van der Waals surface area contributed by atoms with Gasteiger partial charge >= 0.3 is 0 Å². The second-order valence-electron chi connectivity index (χ2n) is 9.06. The highest BCUT2D eigenvalue weighted by atomic mass is 16.2. The first-order chi connectivity index (χ1) is 17.0. The number of nitrogens with one attached hydrogen (secondary N) is 1. The number of amides is 2. The van der Waals surface area contributed by atoms with Gasteiger partial charge in [0.05, 0.1) is 0 Å². The van der Waals surface area contributed by atoms with Crippen LogP contribution in [0.2, 0.25) is 0 Å². The SMILES string of the molecule is CC1CC=C2C(=O)N(CCCNc3ccc(C(=O)c4ccccc4N)cc3)C(=O)c3cccc1c32. The van der Waals surface area contributed by atoms with Gasteiger partial charge in [0.2, 0.25) is 0 Å². The van der Waals surface area contributed by atoms with Crippen molar-refractivity contribution in [1.29, 1.82) is 0 Å². The summed E-state index contributed by atoms with van der Waals surface area (Å²) in [6.07, 6.45) is 3.39. The number of ketones is 1. The monoisotopic (exact) mass is 465 g/mol. The van der Waals surface area contributed by atoms with Crippen LogP contribution in [0.25, 0.3) is 5.57 Å². The van der Waals surface area contributed by atoms with E-state index in [0.717, 1.165) is 23.2 Å². The van der Waals surface area contributed by atoms with Crippen LogP contribution in [-0.2, 0) is 4.79 Å². The molecule has 1 atom stereocenters. The molecular weight excluding hydrogens is 438 g/mol. The Kier molecular flexibility index (Phi) is 5.95. The Morgan fingerprint density at radius 3 is 2.54 bits per heavy atom. The maximum Gasteiger partial charge on any atom is 0.261 e. The third kappa shape index (κ3) is 4.12. The summed E-state index contributed by atoms with van der Waals surface area (Å²) in [5, 5.41) is 3.30. The number of nitrogens with two attached hydrogens (primary N) is 1. The van der Waals surface area contributed by atoms with Crippen LogP contribution < -0.4 is 11.1 Å². The molecule has 6 nitrogen and oxygen atoms in total. The van der Waals surface area contributed by atoms with Crippen molar-refractivity contribution in [2.24, 2.45) is 0 Å². The predicted molar refractivity (Wildman–Crippen MR) is 137 cm³/mol. The van der Waals surface area contributed by atoms with Crippen LogP contribution in [0.4, 0.5) is 11.4 Å². The average Bonchev–Trinajstić information content (AvgIpc) is 2.88. The van der Waals surface area contributed by atoms with Crippen LogP contribution in [0.3, 0.4) is 0 Å². The Hall–Kier alpha value is -4.19. The van der Waals surface area contributed by atoms with Gasteiger partial charge in [-0.3, -0.25) is 19.3 Å². The van der Waals surface area contributed by atoms with Crippen molar-refractivity contribution in [2.75, 3.05) is 24.1 Å². The van der Waals surface area contributed by atoms with Gasteiger partial charge in [0.15, 0.2) is 5.78 Å². The summed E-state index contributed by atoms with van der Waals surface area (Å²) >= 11 is 0. The van der Waals surface area contributed by atoms with Crippen LogP contribution in [-0.4, -0.2) is 35.6 Å². The number of para-hydroxylation sites is 1. The Balaban J connectivity index is 1.20. The number of anilines is 2. The smallest absolute Gasteiger partial charge is 0.261 e. The molecule has 2 amide bonds. The molecule has 1 unspecified atom stereocenters. The van der Waals surface area contributed by atoms with Gasteiger partial charge in [0.1, 0.15) is 0 Å². The number of allylic oxidation sites excluding steroid dienone is 1. The van der Waals surface area contributed by atoms with E-state index in [-0.39, 0.29) is 17.6 Å². The van der Waals surface area contributed by atoms with Crippen molar-refractivity contribution >= 4 is 34.5 Å². The summed E-state index contributed by atoms with van der Waals surface area (Å²) in [5.74, 6) is -0.241. The summed E-state index contributed by atoms with van der Waals surface area (Å²) in [4.78, 5) is 40.2. The fourth-order valence-corrected chi connectivity index (χ4v) is 4.83. The summed E-state index contributed by atoms with van der Waals surface area (Å²) < 4.78 is 0. The number of nitrogens with zero attached hydrogens (tertiary/aromatic N) is 1. The van der Waals surface area contributed by atoms with E-state index in [1.807, 2.05) is 36.4 Å². The van der Waals surface area contributed by atoms with E-state index in [9.17, 15) is 14.4 Å². The molecule has 1 aliphatic heterocycles. The Morgan fingerprint density at radius 1 is 1.00 bits per heavy atom. The van der Waals surface area contributed by atoms with E-state index in [0.29, 0.717) is 53.4 Å². The maximum absolute atomic E-state index is 13.1. The molecule has 3 N–H and O–H groups in total. The number of benzene rings is 3. The van der Waals surface area contributed by atoms with Crippen LogP contribution >= 0.6 is 0 Å². The van der Waals surface area contributed by atoms with E-state index in [1.54, 1.807) is 36.4 Å². The lowest BCUT2D eigenvalue weighted by atomic mass is 9.79. The molecule has 0 saturated heterocycles. The summed E-state index contributed by atoms with van der Waals surface area (Å²) in [7, 11) is 0. The van der Waals surface area contributed by atoms with E-state index < -0.39 is 0 Å². The first-order valence-electron chi connectivity index (χ1n) is 11.9. The van der Waals surface area contributed by atoms with Crippen molar-refractivity contribution in [3.63, 3.8) is 0 Å². The molecule has 0 radical (unpaired) electrons. The molecule has 6 heteroatoms. The van der Waals surface area contributed by atoms with Gasteiger partial charge in [-0.2, -0.15) is 0 Å². The minimum atomic E-state index is -0.221. The second kappa shape index (κ2) is 9.22. The largest absolute Gasteiger partial charge is 0.398 e. The lowest BCUT2D eigenvalue weighted by molar-refractivity contribution is -0.122. The maximum atomic E-state index is 13.1. The van der Waals surface area contributed by atoms with Crippen LogP contribution in [0.5, 0.6) is 0 Å². The highest BCUT2D eigenvalue weighted by Crippen LogP contribution is 2.40. The Morgan fingerprint density at radius 2 is 1.77 bits per heavy atom. The Labute approximate surface area is 204 Å². The van der Waals surface area contributed by atoms with E-state index in [4.69, 9.17) is 5.73 Å². The number of imide groups is 1. The van der Waals surface area contributed by atoms with Gasteiger partial charge in [-0.15, -0.1) is 0 Å². The molecule has 0 aromatic heterocycles. The number of carbonyl (C=O) groups excluding carboxylic acids is 3. The molecule has 0 fully saturated rings. The summed E-state index contributed by atoms with van der Waals surface area (Å²) in [6, 6.07) is 20.0. The van der Waals surface area contributed by atoms with Gasteiger partial charge in [0, 0.05) is 52.3 Å².